The summed E-state index contributed by atoms with van der Waals surface area (Å²) < 4.78 is 9.63. The molecule has 0 saturated heterocycles. The van der Waals surface area contributed by atoms with Crippen molar-refractivity contribution in [1.29, 1.82) is 0 Å². The predicted octanol–water partition coefficient (Wildman–Crippen LogP) is 0.0390. The molecule has 0 amide bonds. The summed E-state index contributed by atoms with van der Waals surface area (Å²) in [7, 11) is 2.74. The Bertz CT molecular complexity index is 508. The monoisotopic (exact) mass is 286 g/mol. The van der Waals surface area contributed by atoms with Crippen LogP contribution in [-0.4, -0.2) is 36.4 Å². The highest BCUT2D eigenvalue weighted by atomic mass is 16.9. The van der Waals surface area contributed by atoms with Gasteiger partial charge in [0.2, 0.25) is 0 Å². The number of carbonyl (C=O) groups is 1. The average Bonchev–Trinajstić information content (AvgIpc) is 2.36. The summed E-state index contributed by atoms with van der Waals surface area (Å²) in [5.74, 6) is -0.185. The van der Waals surface area contributed by atoms with Crippen molar-refractivity contribution < 1.29 is 24.6 Å². The fraction of sp³-hybridized carbons (Fsp3) is 0.200. The minimum Gasteiger partial charge on any atom is -0.496 e. The molecule has 5 N–H and O–H groups in total. The van der Waals surface area contributed by atoms with E-state index in [-0.39, 0.29) is 5.96 Å². The Kier molecular flexibility index (Phi) is 6.89. The van der Waals surface area contributed by atoms with Gasteiger partial charge >= 0.3 is 5.97 Å². The Morgan fingerprint density at radius 2 is 1.95 bits per heavy atom. The Morgan fingerprint density at radius 3 is 2.35 bits per heavy atom. The summed E-state index contributed by atoms with van der Waals surface area (Å²) in [5, 5.41) is 13.6. The Hall–Kier alpha value is -3.04. The highest BCUT2D eigenvalue weighted by Crippen LogP contribution is 2.25. The maximum absolute atomic E-state index is 11.3. The van der Waals surface area contributed by atoms with Crippen LogP contribution in [0.5, 0.6) is 5.75 Å². The van der Waals surface area contributed by atoms with Crippen molar-refractivity contribution in [2.24, 2.45) is 16.5 Å². The molecule has 0 spiro atoms. The molecule has 10 heteroatoms. The fourth-order valence-electron chi connectivity index (χ4n) is 1.18. The molecule has 0 atom stereocenters. The van der Waals surface area contributed by atoms with E-state index in [4.69, 9.17) is 31.5 Å². The lowest BCUT2D eigenvalue weighted by atomic mass is 10.2. The largest absolute Gasteiger partial charge is 0.496 e. The van der Waals surface area contributed by atoms with Crippen LogP contribution < -0.4 is 16.2 Å². The van der Waals surface area contributed by atoms with Crippen LogP contribution in [0.15, 0.2) is 23.2 Å². The number of nitrogens with zero attached hydrogens (tertiary/aromatic N) is 2. The first kappa shape index (κ1) is 17.0. The minimum atomic E-state index is -1.50. The number of methoxy groups -OCH3 is 2. The zero-order valence-corrected chi connectivity index (χ0v) is 10.8. The van der Waals surface area contributed by atoms with E-state index >= 15 is 0 Å². The number of aliphatic imine (C=N–C) groups is 1. The van der Waals surface area contributed by atoms with Crippen LogP contribution in [0.4, 0.5) is 5.69 Å². The summed E-state index contributed by atoms with van der Waals surface area (Å²) >= 11 is 0. The number of carbonyl (C=O) groups excluding carboxylic acids is 1. The van der Waals surface area contributed by atoms with E-state index in [9.17, 15) is 4.79 Å². The first-order valence-corrected chi connectivity index (χ1v) is 5.01. The van der Waals surface area contributed by atoms with Crippen LogP contribution in [-0.2, 0) is 4.74 Å². The highest BCUT2D eigenvalue weighted by molar-refractivity contribution is 5.93. The molecule has 0 unspecified atom stereocenters. The lowest BCUT2D eigenvalue weighted by Crippen LogP contribution is -2.21. The van der Waals surface area contributed by atoms with Crippen molar-refractivity contribution >= 4 is 17.6 Å². The molecule has 0 aromatic heterocycles. The van der Waals surface area contributed by atoms with Gasteiger partial charge in [0.15, 0.2) is 5.96 Å². The van der Waals surface area contributed by atoms with E-state index in [1.54, 1.807) is 12.1 Å². The number of rotatable bonds is 3. The maximum atomic E-state index is 11.3. The molecule has 0 radical (unpaired) electrons. The fourth-order valence-corrected chi connectivity index (χ4v) is 1.18. The van der Waals surface area contributed by atoms with Crippen LogP contribution >= 0.6 is 0 Å². The molecule has 110 valence electrons. The van der Waals surface area contributed by atoms with Crippen LogP contribution in [0.3, 0.4) is 0 Å². The molecule has 1 aromatic rings. The van der Waals surface area contributed by atoms with Crippen LogP contribution in [0.25, 0.3) is 0 Å². The molecule has 0 aliphatic carbocycles. The summed E-state index contributed by atoms with van der Waals surface area (Å²) in [6.07, 6.45) is 0. The SMILES string of the molecule is COC(=O)c1ccc(N=C(N)N)cc1OC.O=[N+]([O-])O. The van der Waals surface area contributed by atoms with Crippen molar-refractivity contribution in [3.8, 4) is 5.75 Å². The number of hydrogen-bond acceptors (Lipinski definition) is 6. The average molecular weight is 286 g/mol. The van der Waals surface area contributed by atoms with Gasteiger partial charge in [0.25, 0.3) is 5.09 Å². The molecule has 0 fully saturated rings. The Labute approximate surface area is 113 Å². The van der Waals surface area contributed by atoms with E-state index in [1.807, 2.05) is 0 Å². The van der Waals surface area contributed by atoms with E-state index in [0.29, 0.717) is 17.0 Å². The summed E-state index contributed by atoms with van der Waals surface area (Å²) in [5.41, 5.74) is 11.3. The maximum Gasteiger partial charge on any atom is 0.341 e. The molecule has 0 heterocycles. The molecular formula is C10H14N4O6. The van der Waals surface area contributed by atoms with Crippen molar-refractivity contribution in [2.75, 3.05) is 14.2 Å². The Balaban J connectivity index is 0.000000796. The highest BCUT2D eigenvalue weighted by Gasteiger charge is 2.12. The zero-order valence-electron chi connectivity index (χ0n) is 10.8. The second kappa shape index (κ2) is 8.13. The van der Waals surface area contributed by atoms with Gasteiger partial charge in [-0.1, -0.05) is 0 Å². The van der Waals surface area contributed by atoms with Crippen molar-refractivity contribution in [2.45, 2.75) is 0 Å². The topological polar surface area (TPSA) is 163 Å². The summed E-state index contributed by atoms with van der Waals surface area (Å²) in [6, 6.07) is 4.67. The second-order valence-electron chi connectivity index (χ2n) is 3.15. The zero-order chi connectivity index (χ0) is 15.7. The first-order valence-electron chi connectivity index (χ1n) is 5.01. The molecule has 0 saturated carbocycles. The molecule has 0 bridgehead atoms. The molecule has 0 aliphatic rings. The van der Waals surface area contributed by atoms with Crippen molar-refractivity contribution in [1.82, 2.24) is 0 Å². The van der Waals surface area contributed by atoms with Crippen LogP contribution in [0.1, 0.15) is 10.4 Å². The van der Waals surface area contributed by atoms with E-state index in [2.05, 4.69) is 9.73 Å². The van der Waals surface area contributed by atoms with Gasteiger partial charge in [0.1, 0.15) is 11.3 Å². The van der Waals surface area contributed by atoms with Gasteiger partial charge in [0.05, 0.1) is 19.9 Å². The first-order chi connectivity index (χ1) is 9.31. The van der Waals surface area contributed by atoms with Gasteiger partial charge in [-0.25, -0.2) is 9.79 Å². The number of nitrogens with two attached hydrogens (primary N) is 2. The molecule has 1 aromatic carbocycles. The number of ether oxygens (including phenoxy) is 2. The minimum absolute atomic E-state index is 0.0622. The number of esters is 1. The van der Waals surface area contributed by atoms with E-state index in [1.165, 1.54) is 20.3 Å². The molecule has 0 aliphatic heterocycles. The normalized spacial score (nSPS) is 8.70. The predicted molar refractivity (Wildman–Crippen MR) is 68.6 cm³/mol. The number of benzene rings is 1. The van der Waals surface area contributed by atoms with E-state index < -0.39 is 11.1 Å². The van der Waals surface area contributed by atoms with Gasteiger partial charge in [-0.3, -0.25) is 0 Å². The lowest BCUT2D eigenvalue weighted by Gasteiger charge is -2.07. The van der Waals surface area contributed by atoms with Gasteiger partial charge < -0.3 is 26.1 Å². The van der Waals surface area contributed by atoms with Gasteiger partial charge in [-0.15, -0.1) is 10.1 Å². The lowest BCUT2D eigenvalue weighted by molar-refractivity contribution is -0.742. The van der Waals surface area contributed by atoms with Gasteiger partial charge in [-0.05, 0) is 12.1 Å². The van der Waals surface area contributed by atoms with Crippen molar-refractivity contribution in [3.05, 3.63) is 33.9 Å². The number of guanidine groups is 1. The summed E-state index contributed by atoms with van der Waals surface area (Å²) in [6.45, 7) is 0. The quantitative estimate of drug-likeness (QED) is 0.230. The molecular weight excluding hydrogens is 272 g/mol. The van der Waals surface area contributed by atoms with Crippen LogP contribution in [0, 0.1) is 10.1 Å². The number of hydrogen-bond donors (Lipinski definition) is 3. The molecule has 10 nitrogen and oxygen atoms in total. The molecule has 1 rings (SSSR count). The summed E-state index contributed by atoms with van der Waals surface area (Å²) in [4.78, 5) is 23.5. The standard InChI is InChI=1S/C10H13N3O3.HNO3/c1-15-8-5-6(13-10(11)12)3-4-7(8)9(14)16-2;2-1(3)4/h3-5H,1-2H3,(H4,11,12,13);(H,2,3,4). The van der Waals surface area contributed by atoms with Crippen LogP contribution in [0.2, 0.25) is 0 Å². The third kappa shape index (κ3) is 6.05. The Morgan fingerprint density at radius 1 is 1.40 bits per heavy atom. The smallest absolute Gasteiger partial charge is 0.341 e. The van der Waals surface area contributed by atoms with E-state index in [0.717, 1.165) is 0 Å². The molecule has 20 heavy (non-hydrogen) atoms. The van der Waals surface area contributed by atoms with Crippen molar-refractivity contribution in [3.63, 3.8) is 0 Å². The van der Waals surface area contributed by atoms with Gasteiger partial charge in [-0.2, -0.15) is 0 Å². The second-order valence-corrected chi connectivity index (χ2v) is 3.15. The third-order valence-electron chi connectivity index (χ3n) is 1.85. The van der Waals surface area contributed by atoms with Gasteiger partial charge in [0, 0.05) is 6.07 Å². The third-order valence-corrected chi connectivity index (χ3v) is 1.85.